The predicted molar refractivity (Wildman–Crippen MR) is 261 cm³/mol. The maximum absolute atomic E-state index is 12.8. The van der Waals surface area contributed by atoms with Gasteiger partial charge in [-0.3, -0.25) is 14.4 Å². The summed E-state index contributed by atoms with van der Waals surface area (Å²) < 4.78 is 16.8. The van der Waals surface area contributed by atoms with Crippen LogP contribution in [0.3, 0.4) is 0 Å². The van der Waals surface area contributed by atoms with E-state index in [9.17, 15) is 14.4 Å². The van der Waals surface area contributed by atoms with E-state index in [-0.39, 0.29) is 31.1 Å². The van der Waals surface area contributed by atoms with Gasteiger partial charge in [0.05, 0.1) is 0 Å². The monoisotopic (exact) mass is 863 g/mol. The molecule has 0 radical (unpaired) electrons. The molecule has 0 saturated carbocycles. The van der Waals surface area contributed by atoms with Crippen LogP contribution in [0.25, 0.3) is 0 Å². The SMILES string of the molecule is CCCCCCCCCCCCC(=O)OC[C@H](COC(=O)CCCCCCCCCCCCCCCCCCC(C)C)OC(=O)CCCCCCCCCCCCC(C)CC. The highest BCUT2D eigenvalue weighted by molar-refractivity contribution is 5.71. The summed E-state index contributed by atoms with van der Waals surface area (Å²) in [6.45, 7) is 11.4. The molecule has 0 amide bonds. The van der Waals surface area contributed by atoms with Gasteiger partial charge >= 0.3 is 17.9 Å². The Morgan fingerprint density at radius 1 is 0.344 bits per heavy atom. The van der Waals surface area contributed by atoms with Crippen LogP contribution < -0.4 is 0 Å². The van der Waals surface area contributed by atoms with Crippen LogP contribution in [-0.2, 0) is 28.6 Å². The van der Waals surface area contributed by atoms with Crippen LogP contribution in [0.5, 0.6) is 0 Å². The first-order valence-corrected chi connectivity index (χ1v) is 27.3. The van der Waals surface area contributed by atoms with Crippen LogP contribution in [0.15, 0.2) is 0 Å². The molecule has 0 bridgehead atoms. The summed E-state index contributed by atoms with van der Waals surface area (Å²) in [7, 11) is 0. The Labute approximate surface area is 380 Å². The smallest absolute Gasteiger partial charge is 0.306 e. The number of ether oxygens (including phenoxy) is 3. The van der Waals surface area contributed by atoms with Crippen molar-refractivity contribution in [1.82, 2.24) is 0 Å². The summed E-state index contributed by atoms with van der Waals surface area (Å²) >= 11 is 0. The fourth-order valence-electron chi connectivity index (χ4n) is 8.31. The molecule has 0 spiro atoms. The van der Waals surface area contributed by atoms with Crippen LogP contribution in [0.1, 0.15) is 304 Å². The maximum atomic E-state index is 12.8. The molecule has 0 N–H and O–H groups in total. The second-order valence-corrected chi connectivity index (χ2v) is 19.6. The summed E-state index contributed by atoms with van der Waals surface area (Å²) in [4.78, 5) is 38.0. The molecule has 0 rings (SSSR count). The first-order valence-electron chi connectivity index (χ1n) is 27.3. The summed E-state index contributed by atoms with van der Waals surface area (Å²) in [5.74, 6) is 0.874. The van der Waals surface area contributed by atoms with Crippen LogP contribution in [0.2, 0.25) is 0 Å². The fourth-order valence-corrected chi connectivity index (χ4v) is 8.31. The Balaban J connectivity index is 4.25. The lowest BCUT2D eigenvalue weighted by atomic mass is 9.99. The Morgan fingerprint density at radius 3 is 0.934 bits per heavy atom. The number of carbonyl (C=O) groups excluding carboxylic acids is 3. The molecule has 0 heterocycles. The van der Waals surface area contributed by atoms with Crippen molar-refractivity contribution in [2.45, 2.75) is 310 Å². The van der Waals surface area contributed by atoms with Crippen molar-refractivity contribution in [1.29, 1.82) is 0 Å². The van der Waals surface area contributed by atoms with Gasteiger partial charge in [-0.25, -0.2) is 0 Å². The topological polar surface area (TPSA) is 78.9 Å². The van der Waals surface area contributed by atoms with E-state index < -0.39 is 6.10 Å². The molecule has 362 valence electrons. The molecule has 0 aliphatic carbocycles. The highest BCUT2D eigenvalue weighted by atomic mass is 16.6. The highest BCUT2D eigenvalue weighted by Crippen LogP contribution is 2.18. The van der Waals surface area contributed by atoms with Crippen molar-refractivity contribution >= 4 is 17.9 Å². The van der Waals surface area contributed by atoms with Gasteiger partial charge in [-0.1, -0.05) is 266 Å². The summed E-state index contributed by atoms with van der Waals surface area (Å²) in [5.41, 5.74) is 0. The second-order valence-electron chi connectivity index (χ2n) is 19.6. The molecule has 0 fully saturated rings. The lowest BCUT2D eigenvalue weighted by Crippen LogP contribution is -2.30. The van der Waals surface area contributed by atoms with Crippen molar-refractivity contribution in [3.05, 3.63) is 0 Å². The second kappa shape index (κ2) is 47.9. The van der Waals surface area contributed by atoms with Gasteiger partial charge in [0.2, 0.25) is 0 Å². The summed E-state index contributed by atoms with van der Waals surface area (Å²) in [6.07, 6.45) is 49.4. The zero-order valence-corrected chi connectivity index (χ0v) is 41.8. The van der Waals surface area contributed by atoms with Gasteiger partial charge in [-0.15, -0.1) is 0 Å². The van der Waals surface area contributed by atoms with Gasteiger partial charge < -0.3 is 14.2 Å². The maximum Gasteiger partial charge on any atom is 0.306 e. The van der Waals surface area contributed by atoms with Gasteiger partial charge in [-0.2, -0.15) is 0 Å². The Kier molecular flexibility index (Phi) is 46.6. The molecule has 1 unspecified atom stereocenters. The molecule has 0 aromatic rings. The summed E-state index contributed by atoms with van der Waals surface area (Å²) in [5, 5.41) is 0. The normalized spacial score (nSPS) is 12.5. The number of carbonyl (C=O) groups is 3. The van der Waals surface area contributed by atoms with E-state index in [0.29, 0.717) is 19.3 Å². The van der Waals surface area contributed by atoms with E-state index in [1.54, 1.807) is 0 Å². The van der Waals surface area contributed by atoms with Crippen molar-refractivity contribution in [2.75, 3.05) is 13.2 Å². The van der Waals surface area contributed by atoms with Crippen LogP contribution in [0, 0.1) is 11.8 Å². The van der Waals surface area contributed by atoms with E-state index in [1.165, 1.54) is 193 Å². The zero-order chi connectivity index (χ0) is 44.7. The predicted octanol–water partition coefficient (Wildman–Crippen LogP) is 17.7. The van der Waals surface area contributed by atoms with Crippen LogP contribution >= 0.6 is 0 Å². The summed E-state index contributed by atoms with van der Waals surface area (Å²) in [6, 6.07) is 0. The third kappa shape index (κ3) is 47.7. The molecule has 0 aliphatic rings. The zero-order valence-electron chi connectivity index (χ0n) is 41.8. The molecule has 6 nitrogen and oxygen atoms in total. The number of hydrogen-bond donors (Lipinski definition) is 0. The molecule has 0 aromatic carbocycles. The van der Waals surface area contributed by atoms with E-state index in [1.807, 2.05) is 0 Å². The minimum atomic E-state index is -0.761. The molecule has 0 saturated heterocycles. The molecule has 0 aromatic heterocycles. The molecule has 6 heteroatoms. The number of unbranched alkanes of at least 4 members (excludes halogenated alkanes) is 33. The van der Waals surface area contributed by atoms with Crippen molar-refractivity contribution in [2.24, 2.45) is 11.8 Å². The van der Waals surface area contributed by atoms with Gasteiger partial charge in [-0.05, 0) is 31.1 Å². The van der Waals surface area contributed by atoms with Gasteiger partial charge in [0.15, 0.2) is 6.10 Å². The number of esters is 3. The minimum absolute atomic E-state index is 0.0633. The van der Waals surface area contributed by atoms with E-state index in [0.717, 1.165) is 69.6 Å². The first kappa shape index (κ1) is 59.4. The minimum Gasteiger partial charge on any atom is -0.462 e. The molecule has 0 aliphatic heterocycles. The quantitative estimate of drug-likeness (QED) is 0.0344. The van der Waals surface area contributed by atoms with Crippen LogP contribution in [-0.4, -0.2) is 37.2 Å². The third-order valence-electron chi connectivity index (χ3n) is 12.8. The number of rotatable bonds is 49. The van der Waals surface area contributed by atoms with Crippen molar-refractivity contribution in [3.63, 3.8) is 0 Å². The van der Waals surface area contributed by atoms with Gasteiger partial charge in [0.25, 0.3) is 0 Å². The van der Waals surface area contributed by atoms with E-state index in [4.69, 9.17) is 14.2 Å². The first-order chi connectivity index (χ1) is 29.8. The molecular formula is C55H106O6. The van der Waals surface area contributed by atoms with E-state index in [2.05, 4.69) is 34.6 Å². The third-order valence-corrected chi connectivity index (χ3v) is 12.8. The Bertz CT molecular complexity index is 933. The molecule has 2 atom stereocenters. The van der Waals surface area contributed by atoms with E-state index >= 15 is 0 Å². The number of hydrogen-bond acceptors (Lipinski definition) is 6. The highest BCUT2D eigenvalue weighted by Gasteiger charge is 2.19. The lowest BCUT2D eigenvalue weighted by Gasteiger charge is -2.18. The lowest BCUT2D eigenvalue weighted by molar-refractivity contribution is -0.167. The van der Waals surface area contributed by atoms with Gasteiger partial charge in [0, 0.05) is 19.3 Å². The van der Waals surface area contributed by atoms with Gasteiger partial charge in [0.1, 0.15) is 13.2 Å². The average molecular weight is 863 g/mol. The molecular weight excluding hydrogens is 757 g/mol. The Morgan fingerprint density at radius 2 is 0.623 bits per heavy atom. The van der Waals surface area contributed by atoms with Crippen molar-refractivity contribution in [3.8, 4) is 0 Å². The largest absolute Gasteiger partial charge is 0.462 e. The average Bonchev–Trinajstić information content (AvgIpc) is 3.24. The fraction of sp³-hybridized carbons (Fsp3) is 0.945. The molecule has 61 heavy (non-hydrogen) atoms. The standard InChI is InChI=1S/C55H106O6/c1-6-8-9-10-11-12-25-30-35-40-45-53(56)59-48-52(61-55(58)47-42-37-32-27-22-21-24-29-34-39-44-51(5)7-2)49-60-54(57)46-41-36-31-26-20-18-16-14-13-15-17-19-23-28-33-38-43-50(3)4/h50-52H,6-49H2,1-5H3/t51?,52-/m1/s1. The van der Waals surface area contributed by atoms with Crippen molar-refractivity contribution < 1.29 is 28.6 Å². The van der Waals surface area contributed by atoms with Crippen LogP contribution in [0.4, 0.5) is 0 Å². The Hall–Kier alpha value is -1.59.